The van der Waals surface area contributed by atoms with Gasteiger partial charge < -0.3 is 24.1 Å². The zero-order chi connectivity index (χ0) is 21.2. The number of carbonyl (C=O) groups is 1. The van der Waals surface area contributed by atoms with E-state index >= 15 is 0 Å². The van der Waals surface area contributed by atoms with Crippen molar-refractivity contribution in [2.45, 2.75) is 18.3 Å². The van der Waals surface area contributed by atoms with E-state index in [1.807, 2.05) is 53.1 Å². The van der Waals surface area contributed by atoms with E-state index in [9.17, 15) is 4.79 Å². The Morgan fingerprint density at radius 2 is 1.87 bits per heavy atom. The molecule has 158 valence electrons. The zero-order valence-electron chi connectivity index (χ0n) is 16.9. The summed E-state index contributed by atoms with van der Waals surface area (Å²) < 4.78 is 18.2. The van der Waals surface area contributed by atoms with Gasteiger partial charge in [-0.15, -0.1) is 10.2 Å². The fourth-order valence-corrected chi connectivity index (χ4v) is 3.41. The summed E-state index contributed by atoms with van der Waals surface area (Å²) in [5, 5.41) is 12.0. The van der Waals surface area contributed by atoms with Crippen LogP contribution in [0.3, 0.4) is 0 Å². The first-order valence-electron chi connectivity index (χ1n) is 9.35. The van der Waals surface area contributed by atoms with Gasteiger partial charge in [0.15, 0.2) is 11.0 Å². The molecule has 0 bridgehead atoms. The monoisotopic (exact) mass is 428 g/mol. The highest BCUT2D eigenvalue weighted by atomic mass is 32.2. The third-order valence-electron chi connectivity index (χ3n) is 4.11. The van der Waals surface area contributed by atoms with Crippen molar-refractivity contribution in [1.82, 2.24) is 14.8 Å². The van der Waals surface area contributed by atoms with Gasteiger partial charge in [0.2, 0.25) is 5.91 Å². The van der Waals surface area contributed by atoms with Crippen LogP contribution in [0.1, 0.15) is 5.82 Å². The van der Waals surface area contributed by atoms with Crippen LogP contribution in [-0.4, -0.2) is 47.3 Å². The van der Waals surface area contributed by atoms with Gasteiger partial charge in [-0.3, -0.25) is 4.79 Å². The number of methoxy groups -OCH3 is 2. The molecule has 0 aliphatic rings. The highest BCUT2D eigenvalue weighted by Gasteiger charge is 2.15. The quantitative estimate of drug-likeness (QED) is 0.469. The number of nitrogens with one attached hydrogen (secondary N) is 1. The lowest BCUT2D eigenvalue weighted by Gasteiger charge is -2.11. The topological polar surface area (TPSA) is 87.5 Å². The molecule has 0 atom stereocenters. The summed E-state index contributed by atoms with van der Waals surface area (Å²) in [5.74, 6) is 2.15. The number of aromatic nitrogens is 3. The van der Waals surface area contributed by atoms with Gasteiger partial charge in [0, 0.05) is 25.4 Å². The summed E-state index contributed by atoms with van der Waals surface area (Å²) in [4.78, 5) is 12.2. The van der Waals surface area contributed by atoms with Crippen LogP contribution in [-0.2, 0) is 22.7 Å². The summed E-state index contributed by atoms with van der Waals surface area (Å²) in [6.45, 7) is 1.29. The van der Waals surface area contributed by atoms with E-state index in [0.29, 0.717) is 35.6 Å². The SMILES string of the molecule is COCCn1c(COc2cccc(OC)c2)nnc1SCC(=O)Nc1ccccc1. The second-order valence-corrected chi connectivity index (χ2v) is 7.16. The van der Waals surface area contributed by atoms with Gasteiger partial charge in [0.25, 0.3) is 0 Å². The molecule has 9 heteroatoms. The highest BCUT2D eigenvalue weighted by molar-refractivity contribution is 7.99. The second kappa shape index (κ2) is 11.2. The number of hydrogen-bond donors (Lipinski definition) is 1. The molecule has 3 aromatic rings. The molecule has 0 fully saturated rings. The first-order valence-corrected chi connectivity index (χ1v) is 10.3. The van der Waals surface area contributed by atoms with Gasteiger partial charge in [0.05, 0.1) is 19.5 Å². The number of carbonyl (C=O) groups excluding carboxylic acids is 1. The van der Waals surface area contributed by atoms with E-state index in [2.05, 4.69) is 15.5 Å². The first-order chi connectivity index (χ1) is 14.7. The Balaban J connectivity index is 1.62. The van der Waals surface area contributed by atoms with Crippen LogP contribution in [0.25, 0.3) is 0 Å². The molecule has 8 nitrogen and oxygen atoms in total. The van der Waals surface area contributed by atoms with Crippen LogP contribution in [0.5, 0.6) is 11.5 Å². The molecule has 0 spiro atoms. The molecule has 2 aromatic carbocycles. The van der Waals surface area contributed by atoms with E-state index in [1.54, 1.807) is 20.3 Å². The Morgan fingerprint density at radius 1 is 1.07 bits per heavy atom. The van der Waals surface area contributed by atoms with Crippen LogP contribution in [0, 0.1) is 0 Å². The molecule has 0 saturated heterocycles. The lowest BCUT2D eigenvalue weighted by Crippen LogP contribution is -2.15. The van der Waals surface area contributed by atoms with Crippen LogP contribution in [0.2, 0.25) is 0 Å². The van der Waals surface area contributed by atoms with Gasteiger partial charge >= 0.3 is 0 Å². The van der Waals surface area contributed by atoms with Crippen LogP contribution < -0.4 is 14.8 Å². The van der Waals surface area contributed by atoms with Gasteiger partial charge in [-0.05, 0) is 24.3 Å². The molecule has 1 heterocycles. The van der Waals surface area contributed by atoms with Crippen molar-refractivity contribution >= 4 is 23.4 Å². The Hall–Kier alpha value is -3.04. The lowest BCUT2D eigenvalue weighted by atomic mass is 10.3. The van der Waals surface area contributed by atoms with Crippen molar-refractivity contribution in [3.8, 4) is 11.5 Å². The zero-order valence-corrected chi connectivity index (χ0v) is 17.7. The van der Waals surface area contributed by atoms with Gasteiger partial charge in [-0.1, -0.05) is 36.0 Å². The fraction of sp³-hybridized carbons (Fsp3) is 0.286. The minimum atomic E-state index is -0.110. The van der Waals surface area contributed by atoms with Crippen LogP contribution in [0.4, 0.5) is 5.69 Å². The van der Waals surface area contributed by atoms with Gasteiger partial charge in [-0.2, -0.15) is 0 Å². The van der Waals surface area contributed by atoms with Crippen molar-refractivity contribution < 1.29 is 19.0 Å². The second-order valence-electron chi connectivity index (χ2n) is 6.21. The molecule has 0 aliphatic carbocycles. The molecule has 0 saturated carbocycles. The molecule has 1 N–H and O–H groups in total. The van der Waals surface area contributed by atoms with E-state index in [0.717, 1.165) is 5.69 Å². The third kappa shape index (κ3) is 6.23. The van der Waals surface area contributed by atoms with Crippen molar-refractivity contribution in [3.63, 3.8) is 0 Å². The molecule has 0 unspecified atom stereocenters. The number of para-hydroxylation sites is 1. The van der Waals surface area contributed by atoms with E-state index in [-0.39, 0.29) is 18.3 Å². The fourth-order valence-electron chi connectivity index (χ4n) is 2.63. The minimum absolute atomic E-state index is 0.110. The summed E-state index contributed by atoms with van der Waals surface area (Å²) in [5.41, 5.74) is 0.760. The first kappa shape index (κ1) is 21.7. The van der Waals surface area contributed by atoms with Crippen molar-refractivity contribution in [1.29, 1.82) is 0 Å². The number of benzene rings is 2. The molecule has 0 radical (unpaired) electrons. The molecular weight excluding hydrogens is 404 g/mol. The number of rotatable bonds is 11. The molecule has 3 rings (SSSR count). The maximum Gasteiger partial charge on any atom is 0.234 e. The highest BCUT2D eigenvalue weighted by Crippen LogP contribution is 2.22. The number of amides is 1. The number of hydrogen-bond acceptors (Lipinski definition) is 7. The van der Waals surface area contributed by atoms with Crippen LogP contribution >= 0.6 is 11.8 Å². The maximum atomic E-state index is 12.2. The predicted octanol–water partition coefficient (Wildman–Crippen LogP) is 3.24. The molecular formula is C21H24N4O4S. The largest absolute Gasteiger partial charge is 0.497 e. The maximum absolute atomic E-state index is 12.2. The summed E-state index contributed by atoms with van der Waals surface area (Å²) in [7, 11) is 3.24. The van der Waals surface area contributed by atoms with Gasteiger partial charge in [-0.25, -0.2) is 0 Å². The average Bonchev–Trinajstić information content (AvgIpc) is 3.17. The number of anilines is 1. The third-order valence-corrected chi connectivity index (χ3v) is 5.08. The van der Waals surface area contributed by atoms with Crippen LogP contribution in [0.15, 0.2) is 59.8 Å². The van der Waals surface area contributed by atoms with E-state index in [4.69, 9.17) is 14.2 Å². The summed E-state index contributed by atoms with van der Waals surface area (Å²) in [6.07, 6.45) is 0. The van der Waals surface area contributed by atoms with E-state index < -0.39 is 0 Å². The number of thioether (sulfide) groups is 1. The number of ether oxygens (including phenoxy) is 3. The number of nitrogens with zero attached hydrogens (tertiary/aromatic N) is 3. The van der Waals surface area contributed by atoms with Crippen molar-refractivity contribution in [3.05, 3.63) is 60.4 Å². The molecule has 1 aromatic heterocycles. The van der Waals surface area contributed by atoms with E-state index in [1.165, 1.54) is 11.8 Å². The molecule has 1 amide bonds. The van der Waals surface area contributed by atoms with Crippen molar-refractivity contribution in [2.75, 3.05) is 31.9 Å². The minimum Gasteiger partial charge on any atom is -0.497 e. The smallest absolute Gasteiger partial charge is 0.234 e. The average molecular weight is 429 g/mol. The molecule has 30 heavy (non-hydrogen) atoms. The molecule has 0 aliphatic heterocycles. The van der Waals surface area contributed by atoms with Crippen molar-refractivity contribution in [2.24, 2.45) is 0 Å². The van der Waals surface area contributed by atoms with Gasteiger partial charge in [0.1, 0.15) is 18.1 Å². The Morgan fingerprint density at radius 3 is 2.63 bits per heavy atom. The lowest BCUT2D eigenvalue weighted by molar-refractivity contribution is -0.113. The Labute approximate surface area is 179 Å². The summed E-state index contributed by atoms with van der Waals surface area (Å²) >= 11 is 1.32. The standard InChI is InChI=1S/C21H24N4O4S/c1-27-12-11-25-19(14-29-18-10-6-9-17(13-18)28-2)23-24-21(25)30-15-20(26)22-16-7-4-3-5-8-16/h3-10,13H,11-12,14-15H2,1-2H3,(H,22,26). The Bertz CT molecular complexity index is 949. The summed E-state index contributed by atoms with van der Waals surface area (Å²) in [6, 6.07) is 16.7. The normalized spacial score (nSPS) is 10.6. The Kier molecular flexibility index (Phi) is 8.10. The predicted molar refractivity (Wildman–Crippen MR) is 115 cm³/mol.